The lowest BCUT2D eigenvalue weighted by atomic mass is 9.83. The second kappa shape index (κ2) is 11.8. The normalized spacial score (nSPS) is 11.9. The van der Waals surface area contributed by atoms with E-state index in [0.29, 0.717) is 50.3 Å². The third kappa shape index (κ3) is 8.28. The Morgan fingerprint density at radius 1 is 0.667 bits per heavy atom. The number of phenolic OH excluding ortho intramolecular Hbond substituents is 2. The monoisotopic (exact) mass is 496 g/mol. The second-order valence-corrected chi connectivity index (χ2v) is 11.8. The topological polar surface area (TPSA) is 98.7 Å². The maximum absolute atomic E-state index is 12.3. The average molecular weight is 497 g/mol. The van der Waals surface area contributed by atoms with Crippen molar-refractivity contribution in [2.24, 2.45) is 0 Å². The van der Waals surface area contributed by atoms with Gasteiger partial charge in [-0.05, 0) is 70.9 Å². The molecule has 0 saturated heterocycles. The molecule has 0 aliphatic carbocycles. The van der Waals surface area contributed by atoms with Crippen LogP contribution in [0.2, 0.25) is 0 Å². The number of hydrogen-bond donors (Lipinski definition) is 4. The lowest BCUT2D eigenvalue weighted by molar-refractivity contribution is -0.122. The summed E-state index contributed by atoms with van der Waals surface area (Å²) < 4.78 is 0. The molecule has 0 bridgehead atoms. The number of hydrogen-bond acceptors (Lipinski definition) is 4. The van der Waals surface area contributed by atoms with E-state index in [0.717, 1.165) is 33.4 Å². The Kier molecular flexibility index (Phi) is 9.58. The maximum atomic E-state index is 12.3. The van der Waals surface area contributed by atoms with E-state index >= 15 is 0 Å². The van der Waals surface area contributed by atoms with Gasteiger partial charge in [0.15, 0.2) is 0 Å². The van der Waals surface area contributed by atoms with Crippen LogP contribution in [0.25, 0.3) is 0 Å². The summed E-state index contributed by atoms with van der Waals surface area (Å²) in [6.07, 6.45) is 1.87. The molecule has 2 amide bonds. The first-order valence-corrected chi connectivity index (χ1v) is 12.8. The molecule has 6 nitrogen and oxygen atoms in total. The second-order valence-electron chi connectivity index (χ2n) is 11.8. The van der Waals surface area contributed by atoms with Crippen molar-refractivity contribution in [2.75, 3.05) is 13.1 Å². The van der Waals surface area contributed by atoms with E-state index in [-0.39, 0.29) is 22.6 Å². The molecule has 0 aromatic heterocycles. The molecule has 0 unspecified atom stereocenters. The number of benzene rings is 2. The van der Waals surface area contributed by atoms with E-state index < -0.39 is 0 Å². The number of phenols is 2. The first-order valence-electron chi connectivity index (χ1n) is 12.8. The molecular formula is C30H44N2O4. The van der Waals surface area contributed by atoms with Crippen LogP contribution >= 0.6 is 0 Å². The summed E-state index contributed by atoms with van der Waals surface area (Å²) in [6, 6.07) is 7.82. The van der Waals surface area contributed by atoms with Crippen LogP contribution in [0.15, 0.2) is 24.3 Å². The zero-order chi connectivity index (χ0) is 27.3. The molecule has 0 aliphatic heterocycles. The summed E-state index contributed by atoms with van der Waals surface area (Å²) in [4.78, 5) is 24.6. The summed E-state index contributed by atoms with van der Waals surface area (Å²) in [5.74, 6) is 0.506. The van der Waals surface area contributed by atoms with Crippen molar-refractivity contribution in [2.45, 2.75) is 91.9 Å². The Morgan fingerprint density at radius 3 is 1.31 bits per heavy atom. The van der Waals surface area contributed by atoms with Gasteiger partial charge in [0.25, 0.3) is 0 Å². The quantitative estimate of drug-likeness (QED) is 0.363. The van der Waals surface area contributed by atoms with Crippen LogP contribution in [-0.4, -0.2) is 35.1 Å². The average Bonchev–Trinajstić information content (AvgIpc) is 2.76. The molecule has 0 atom stereocenters. The molecule has 198 valence electrons. The highest BCUT2D eigenvalue weighted by molar-refractivity contribution is 5.77. The van der Waals surface area contributed by atoms with Crippen molar-refractivity contribution >= 4 is 11.8 Å². The predicted molar refractivity (Wildman–Crippen MR) is 146 cm³/mol. The largest absolute Gasteiger partial charge is 0.507 e. The highest BCUT2D eigenvalue weighted by Crippen LogP contribution is 2.35. The molecule has 0 aliphatic rings. The number of aryl methyl sites for hydroxylation is 4. The molecule has 0 spiro atoms. The molecule has 2 aromatic carbocycles. The Bertz CT molecular complexity index is 1000. The van der Waals surface area contributed by atoms with Crippen molar-refractivity contribution in [1.29, 1.82) is 0 Å². The van der Waals surface area contributed by atoms with Crippen molar-refractivity contribution in [3.8, 4) is 11.5 Å². The van der Waals surface area contributed by atoms with E-state index in [1.165, 1.54) is 0 Å². The minimum absolute atomic E-state index is 0.0680. The smallest absolute Gasteiger partial charge is 0.220 e. The highest BCUT2D eigenvalue weighted by Gasteiger charge is 2.21. The molecule has 0 radical (unpaired) electrons. The fourth-order valence-corrected chi connectivity index (χ4v) is 4.24. The van der Waals surface area contributed by atoms with E-state index in [1.807, 2.05) is 38.1 Å². The third-order valence-corrected chi connectivity index (χ3v) is 6.39. The Labute approximate surface area is 216 Å². The minimum atomic E-state index is -0.179. The lowest BCUT2D eigenvalue weighted by Gasteiger charge is -2.22. The highest BCUT2D eigenvalue weighted by atomic mass is 16.3. The van der Waals surface area contributed by atoms with Crippen LogP contribution in [0.1, 0.15) is 87.8 Å². The molecule has 2 rings (SSSR count). The van der Waals surface area contributed by atoms with Crippen LogP contribution in [0.3, 0.4) is 0 Å². The van der Waals surface area contributed by atoms with Crippen molar-refractivity contribution in [3.63, 3.8) is 0 Å². The third-order valence-electron chi connectivity index (χ3n) is 6.39. The molecule has 4 N–H and O–H groups in total. The minimum Gasteiger partial charge on any atom is -0.507 e. The zero-order valence-corrected chi connectivity index (χ0v) is 23.3. The molecule has 0 heterocycles. The van der Waals surface area contributed by atoms with Gasteiger partial charge in [-0.1, -0.05) is 65.8 Å². The number of carbonyl (C=O) groups is 2. The van der Waals surface area contributed by atoms with Crippen molar-refractivity contribution < 1.29 is 19.8 Å². The van der Waals surface area contributed by atoms with E-state index in [1.54, 1.807) is 0 Å². The molecule has 2 aromatic rings. The van der Waals surface area contributed by atoms with E-state index in [2.05, 4.69) is 52.2 Å². The molecule has 0 saturated carbocycles. The molecule has 6 heteroatoms. The SMILES string of the molecule is Cc1cc(CCC(=O)NCCNC(=O)CCc2cc(C)c(O)c(C(C)(C)C)c2)cc(C(C)(C)C)c1O. The van der Waals surface area contributed by atoms with Gasteiger partial charge >= 0.3 is 0 Å². The number of amides is 2. The number of nitrogens with one attached hydrogen (secondary N) is 2. The fraction of sp³-hybridized carbons (Fsp3) is 0.533. The first kappa shape index (κ1) is 29.2. The fourth-order valence-electron chi connectivity index (χ4n) is 4.24. The van der Waals surface area contributed by atoms with E-state index in [4.69, 9.17) is 0 Å². The number of aromatic hydroxyl groups is 2. The molecule has 36 heavy (non-hydrogen) atoms. The van der Waals surface area contributed by atoms with Gasteiger partial charge in [-0.2, -0.15) is 0 Å². The summed E-state index contributed by atoms with van der Waals surface area (Å²) in [5, 5.41) is 26.5. The maximum Gasteiger partial charge on any atom is 0.220 e. The van der Waals surface area contributed by atoms with Crippen LogP contribution in [-0.2, 0) is 33.3 Å². The van der Waals surface area contributed by atoms with Crippen molar-refractivity contribution in [1.82, 2.24) is 10.6 Å². The van der Waals surface area contributed by atoms with Gasteiger partial charge in [-0.3, -0.25) is 9.59 Å². The zero-order valence-electron chi connectivity index (χ0n) is 23.3. The van der Waals surface area contributed by atoms with Gasteiger partial charge in [0.2, 0.25) is 11.8 Å². The van der Waals surface area contributed by atoms with E-state index in [9.17, 15) is 19.8 Å². The van der Waals surface area contributed by atoms with Crippen LogP contribution < -0.4 is 10.6 Å². The number of carbonyl (C=O) groups excluding carboxylic acids is 2. The summed E-state index contributed by atoms with van der Waals surface area (Å²) in [5.41, 5.74) is 5.10. The van der Waals surface area contributed by atoms with Gasteiger partial charge in [-0.15, -0.1) is 0 Å². The predicted octanol–water partition coefficient (Wildman–Crippen LogP) is 5.11. The Balaban J connectivity index is 1.76. The van der Waals surface area contributed by atoms with Crippen LogP contribution in [0, 0.1) is 13.8 Å². The summed E-state index contributed by atoms with van der Waals surface area (Å²) in [7, 11) is 0. The summed E-state index contributed by atoms with van der Waals surface area (Å²) in [6.45, 7) is 16.8. The van der Waals surface area contributed by atoms with Gasteiger partial charge in [0.1, 0.15) is 11.5 Å². The Morgan fingerprint density at radius 2 is 1.00 bits per heavy atom. The summed E-state index contributed by atoms with van der Waals surface area (Å²) >= 11 is 0. The van der Waals surface area contributed by atoms with Crippen LogP contribution in [0.5, 0.6) is 11.5 Å². The van der Waals surface area contributed by atoms with Gasteiger partial charge in [-0.25, -0.2) is 0 Å². The van der Waals surface area contributed by atoms with Gasteiger partial charge in [0.05, 0.1) is 0 Å². The Hall–Kier alpha value is -3.02. The lowest BCUT2D eigenvalue weighted by Crippen LogP contribution is -2.34. The van der Waals surface area contributed by atoms with Crippen LogP contribution in [0.4, 0.5) is 0 Å². The van der Waals surface area contributed by atoms with Crippen molar-refractivity contribution in [3.05, 3.63) is 57.6 Å². The van der Waals surface area contributed by atoms with Gasteiger partial charge < -0.3 is 20.8 Å². The van der Waals surface area contributed by atoms with Gasteiger partial charge in [0, 0.05) is 25.9 Å². The standard InChI is InChI=1S/C30H44N2O4/c1-19-15-21(17-23(27(19)35)29(3,4)5)9-11-25(33)31-13-14-32-26(34)12-10-22-16-20(2)28(36)24(18-22)30(6,7)8/h15-18,35-36H,9-14H2,1-8H3,(H,31,33)(H,32,34). The molecule has 0 fully saturated rings. The molecular weight excluding hydrogens is 452 g/mol. The number of rotatable bonds is 9. The first-order chi connectivity index (χ1) is 16.6.